The van der Waals surface area contributed by atoms with E-state index in [0.29, 0.717) is 27.1 Å². The average Bonchev–Trinajstić information content (AvgIpc) is 2.97. The normalized spacial score (nSPS) is 37.1. The zero-order valence-corrected chi connectivity index (χ0v) is 24.7. The van der Waals surface area contributed by atoms with E-state index in [4.69, 9.17) is 0 Å². The molecule has 0 amide bonds. The largest absolute Gasteiger partial charge is 0.0676 e. The summed E-state index contributed by atoms with van der Waals surface area (Å²) in [5.41, 5.74) is 9.46. The number of rotatable bonds is 5. The van der Waals surface area contributed by atoms with Crippen molar-refractivity contribution in [3.8, 4) is 0 Å². The van der Waals surface area contributed by atoms with Gasteiger partial charge in [-0.05, 0) is 138 Å². The van der Waals surface area contributed by atoms with Gasteiger partial charge in [0.05, 0.1) is 0 Å². The summed E-state index contributed by atoms with van der Waals surface area (Å²) in [6, 6.07) is 0. The molecule has 1 unspecified atom stereocenters. The molecule has 0 aromatic carbocycles. The van der Waals surface area contributed by atoms with E-state index in [1.165, 1.54) is 96.3 Å². The highest BCUT2D eigenvalue weighted by Crippen LogP contribution is 2.71. The molecular weight excluding hydrogens is 408 g/mol. The predicted octanol–water partition coefficient (Wildman–Crippen LogP) is 11.2. The van der Waals surface area contributed by atoms with Gasteiger partial charge in [0.2, 0.25) is 0 Å². The van der Waals surface area contributed by atoms with Crippen molar-refractivity contribution in [2.24, 2.45) is 33.0 Å². The van der Waals surface area contributed by atoms with Crippen LogP contribution in [0.15, 0.2) is 22.3 Å². The van der Waals surface area contributed by atoms with Crippen LogP contribution in [0.25, 0.3) is 0 Å². The minimum Gasteiger partial charge on any atom is -0.0676 e. The number of hydrogen-bond acceptors (Lipinski definition) is 0. The van der Waals surface area contributed by atoms with Crippen molar-refractivity contribution in [2.75, 3.05) is 0 Å². The smallest absolute Gasteiger partial charge is 0.00286 e. The maximum absolute atomic E-state index is 2.65. The third-order valence-electron chi connectivity index (χ3n) is 13.9. The second-order valence-corrected chi connectivity index (χ2v) is 14.1. The lowest BCUT2D eigenvalue weighted by Crippen LogP contribution is -2.46. The van der Waals surface area contributed by atoms with Crippen LogP contribution < -0.4 is 0 Å². The van der Waals surface area contributed by atoms with Crippen LogP contribution in [0.3, 0.4) is 0 Å². The first-order chi connectivity index (χ1) is 16.0. The van der Waals surface area contributed by atoms with Gasteiger partial charge in [-0.3, -0.25) is 0 Å². The van der Waals surface area contributed by atoms with Gasteiger partial charge in [0.1, 0.15) is 0 Å². The van der Waals surface area contributed by atoms with Crippen molar-refractivity contribution in [1.29, 1.82) is 0 Å². The lowest BCUT2D eigenvalue weighted by molar-refractivity contribution is -0.0208. The lowest BCUT2D eigenvalue weighted by atomic mass is 9.49. The quantitative estimate of drug-likeness (QED) is 0.353. The Morgan fingerprint density at radius 2 is 1.00 bits per heavy atom. The van der Waals surface area contributed by atoms with Crippen molar-refractivity contribution >= 4 is 0 Å². The summed E-state index contributed by atoms with van der Waals surface area (Å²) in [7, 11) is 0. The molecule has 0 N–H and O–H groups in total. The van der Waals surface area contributed by atoms with Crippen LogP contribution in [0.5, 0.6) is 0 Å². The van der Waals surface area contributed by atoms with Crippen molar-refractivity contribution in [2.45, 2.75) is 159 Å². The Morgan fingerprint density at radius 1 is 0.559 bits per heavy atom. The SMILES string of the molecule is CCC1(CC)C(C)=C(C)C(CC)(CC2CCC3(CC2)CCC2(CCCCC2)C(C)=C3C)C1(C)C. The van der Waals surface area contributed by atoms with Crippen LogP contribution in [0, 0.1) is 33.0 Å². The summed E-state index contributed by atoms with van der Waals surface area (Å²) in [4.78, 5) is 0. The zero-order chi connectivity index (χ0) is 25.0. The van der Waals surface area contributed by atoms with Gasteiger partial charge in [-0.2, -0.15) is 0 Å². The summed E-state index contributed by atoms with van der Waals surface area (Å²) in [5, 5.41) is 0. The van der Waals surface area contributed by atoms with Gasteiger partial charge < -0.3 is 0 Å². The van der Waals surface area contributed by atoms with E-state index in [1.807, 2.05) is 11.1 Å². The van der Waals surface area contributed by atoms with Crippen molar-refractivity contribution in [1.82, 2.24) is 0 Å². The Kier molecular flexibility index (Phi) is 7.10. The lowest BCUT2D eigenvalue weighted by Gasteiger charge is -2.55. The van der Waals surface area contributed by atoms with Crippen LogP contribution in [0.4, 0.5) is 0 Å². The third-order valence-corrected chi connectivity index (χ3v) is 13.9. The van der Waals surface area contributed by atoms with E-state index < -0.39 is 0 Å². The second kappa shape index (κ2) is 9.10. The fourth-order valence-electron chi connectivity index (χ4n) is 11.1. The minimum absolute atomic E-state index is 0.353. The van der Waals surface area contributed by atoms with Crippen molar-refractivity contribution in [3.05, 3.63) is 22.3 Å². The molecule has 4 aliphatic rings. The number of allylic oxidation sites excluding steroid dienone is 4. The van der Waals surface area contributed by atoms with Crippen LogP contribution >= 0.6 is 0 Å². The average molecular weight is 467 g/mol. The maximum atomic E-state index is 2.65. The van der Waals surface area contributed by atoms with Gasteiger partial charge in [-0.15, -0.1) is 0 Å². The molecule has 2 saturated carbocycles. The Balaban J connectivity index is 1.54. The summed E-state index contributed by atoms with van der Waals surface area (Å²) in [6.45, 7) is 22.8. The highest BCUT2D eigenvalue weighted by molar-refractivity contribution is 5.38. The van der Waals surface area contributed by atoms with E-state index in [-0.39, 0.29) is 0 Å². The monoisotopic (exact) mass is 466 g/mol. The molecule has 2 spiro atoms. The van der Waals surface area contributed by atoms with Crippen molar-refractivity contribution in [3.63, 3.8) is 0 Å². The molecule has 1 atom stereocenters. The second-order valence-electron chi connectivity index (χ2n) is 14.1. The third kappa shape index (κ3) is 3.42. The van der Waals surface area contributed by atoms with E-state index in [0.717, 1.165) is 5.92 Å². The fraction of sp³-hybridized carbons (Fsp3) is 0.882. The molecule has 0 aromatic heterocycles. The summed E-state index contributed by atoms with van der Waals surface area (Å²) in [5.74, 6) is 0.913. The van der Waals surface area contributed by atoms with E-state index in [9.17, 15) is 0 Å². The van der Waals surface area contributed by atoms with Crippen LogP contribution in [0.1, 0.15) is 159 Å². The van der Waals surface area contributed by atoms with Gasteiger partial charge >= 0.3 is 0 Å². The van der Waals surface area contributed by atoms with Crippen molar-refractivity contribution < 1.29 is 0 Å². The zero-order valence-electron chi connectivity index (χ0n) is 24.7. The van der Waals surface area contributed by atoms with Gasteiger partial charge in [0, 0.05) is 0 Å². The van der Waals surface area contributed by atoms with E-state index in [1.54, 1.807) is 11.1 Å². The molecule has 0 heteroatoms. The first kappa shape index (κ1) is 26.5. The summed E-state index contributed by atoms with van der Waals surface area (Å²) < 4.78 is 0. The summed E-state index contributed by atoms with van der Waals surface area (Å²) >= 11 is 0. The fourth-order valence-corrected chi connectivity index (χ4v) is 11.1. The van der Waals surface area contributed by atoms with Crippen LogP contribution in [-0.2, 0) is 0 Å². The highest BCUT2D eigenvalue weighted by atomic mass is 14.7. The molecule has 0 bridgehead atoms. The molecule has 4 aliphatic carbocycles. The molecule has 0 saturated heterocycles. The first-order valence-corrected chi connectivity index (χ1v) is 15.4. The van der Waals surface area contributed by atoms with Gasteiger partial charge in [-0.25, -0.2) is 0 Å². The molecule has 0 heterocycles. The molecule has 0 nitrogen and oxygen atoms in total. The maximum Gasteiger partial charge on any atom is -0.00286 e. The molecular formula is C34H58. The van der Waals surface area contributed by atoms with E-state index >= 15 is 0 Å². The predicted molar refractivity (Wildman–Crippen MR) is 150 cm³/mol. The van der Waals surface area contributed by atoms with Gasteiger partial charge in [-0.1, -0.05) is 76.2 Å². The highest BCUT2D eigenvalue weighted by Gasteiger charge is 2.62. The molecule has 2 fully saturated rings. The molecule has 0 aromatic rings. The van der Waals surface area contributed by atoms with Gasteiger partial charge in [0.25, 0.3) is 0 Å². The standard InChI is InChI=1S/C34H58/c1-10-33(11-2)27(6)28(7)34(12-3,30(33,8)9)24-29-16-20-32(21-17-29)23-22-31(25(4)26(32)5)18-14-13-15-19-31/h29H,10-24H2,1-9H3. The van der Waals surface area contributed by atoms with Crippen LogP contribution in [-0.4, -0.2) is 0 Å². The molecule has 34 heavy (non-hydrogen) atoms. The summed E-state index contributed by atoms with van der Waals surface area (Å²) in [6.07, 6.45) is 21.5. The molecule has 0 aliphatic heterocycles. The molecule has 0 radical (unpaired) electrons. The minimum atomic E-state index is 0.353. The Labute approximate surface area is 213 Å². The van der Waals surface area contributed by atoms with E-state index in [2.05, 4.69) is 62.3 Å². The van der Waals surface area contributed by atoms with Crippen LogP contribution in [0.2, 0.25) is 0 Å². The molecule has 194 valence electrons. The first-order valence-electron chi connectivity index (χ1n) is 15.4. The topological polar surface area (TPSA) is 0 Å². The van der Waals surface area contributed by atoms with Gasteiger partial charge in [0.15, 0.2) is 0 Å². The molecule has 4 rings (SSSR count). The Bertz CT molecular complexity index is 814. The Morgan fingerprint density at radius 3 is 1.44 bits per heavy atom. The number of hydrogen-bond donors (Lipinski definition) is 0. The Hall–Kier alpha value is -0.520.